The lowest BCUT2D eigenvalue weighted by Gasteiger charge is -2.29. The van der Waals surface area contributed by atoms with Gasteiger partial charge < -0.3 is 4.74 Å². The van der Waals surface area contributed by atoms with Crippen molar-refractivity contribution in [3.63, 3.8) is 0 Å². The van der Waals surface area contributed by atoms with Crippen LogP contribution in [0.15, 0.2) is 53.0 Å². The molecule has 4 rings (SSSR count). The number of aryl methyl sites for hydroxylation is 3. The van der Waals surface area contributed by atoms with Gasteiger partial charge in [0.05, 0.1) is 0 Å². The van der Waals surface area contributed by atoms with Gasteiger partial charge in [0.25, 0.3) is 6.71 Å². The van der Waals surface area contributed by atoms with Crippen molar-refractivity contribution < 1.29 is 4.74 Å². The summed E-state index contributed by atoms with van der Waals surface area (Å²) in [5, 5.41) is 0.668. The fourth-order valence-corrected chi connectivity index (χ4v) is 4.97. The number of hydrogen-bond donors (Lipinski definition) is 0. The van der Waals surface area contributed by atoms with E-state index in [9.17, 15) is 0 Å². The molecule has 3 aromatic carbocycles. The number of fused-ring (bicyclic) bond motifs is 2. The van der Waals surface area contributed by atoms with E-state index in [-0.39, 0.29) is 6.71 Å². The van der Waals surface area contributed by atoms with Crippen molar-refractivity contribution in [1.29, 1.82) is 0 Å². The topological polar surface area (TPSA) is 9.23 Å². The highest BCUT2D eigenvalue weighted by Crippen LogP contribution is 2.31. The molecule has 0 bridgehead atoms. The standard InChI is InChI=1S/C21H17BBrClO/c1-12-8-13(2)20(14(3)9-12)22-16-6-4-5-7-18(16)25-19-11-15(24)10-17(23)21(19)22/h4-11H,1-3H3. The molecule has 124 valence electrons. The molecule has 1 nitrogen and oxygen atoms in total. The van der Waals surface area contributed by atoms with Crippen LogP contribution in [-0.2, 0) is 0 Å². The zero-order chi connectivity index (χ0) is 17.7. The summed E-state index contributed by atoms with van der Waals surface area (Å²) in [5.74, 6) is 1.72. The van der Waals surface area contributed by atoms with Crippen LogP contribution in [-0.4, -0.2) is 6.71 Å². The highest BCUT2D eigenvalue weighted by molar-refractivity contribution is 9.10. The van der Waals surface area contributed by atoms with Gasteiger partial charge in [-0.25, -0.2) is 0 Å². The van der Waals surface area contributed by atoms with Gasteiger partial charge in [-0.05, 0) is 49.9 Å². The third kappa shape index (κ3) is 2.80. The fourth-order valence-electron chi connectivity index (χ4n) is 3.96. The summed E-state index contributed by atoms with van der Waals surface area (Å²) in [6.07, 6.45) is 0. The summed E-state index contributed by atoms with van der Waals surface area (Å²) in [5.41, 5.74) is 7.55. The molecule has 3 aromatic rings. The summed E-state index contributed by atoms with van der Waals surface area (Å²) in [6, 6.07) is 16.6. The van der Waals surface area contributed by atoms with Crippen LogP contribution in [0.5, 0.6) is 11.5 Å². The van der Waals surface area contributed by atoms with Crippen LogP contribution >= 0.6 is 27.5 Å². The Bertz CT molecular complexity index is 954. The second-order valence-corrected chi connectivity index (χ2v) is 7.98. The lowest BCUT2D eigenvalue weighted by Crippen LogP contribution is -2.57. The van der Waals surface area contributed by atoms with Crippen LogP contribution < -0.4 is 21.1 Å². The van der Waals surface area contributed by atoms with Gasteiger partial charge in [-0.1, -0.05) is 80.0 Å². The lowest BCUT2D eigenvalue weighted by molar-refractivity contribution is 0.487. The van der Waals surface area contributed by atoms with Gasteiger partial charge >= 0.3 is 0 Å². The van der Waals surface area contributed by atoms with Crippen LogP contribution in [0, 0.1) is 20.8 Å². The Hall–Kier alpha value is -1.71. The van der Waals surface area contributed by atoms with Crippen molar-refractivity contribution in [2.75, 3.05) is 0 Å². The third-order valence-corrected chi connectivity index (χ3v) is 5.70. The Morgan fingerprint density at radius 2 is 1.56 bits per heavy atom. The molecule has 25 heavy (non-hydrogen) atoms. The van der Waals surface area contributed by atoms with Gasteiger partial charge in [0.1, 0.15) is 11.5 Å². The first-order valence-electron chi connectivity index (χ1n) is 8.29. The van der Waals surface area contributed by atoms with E-state index >= 15 is 0 Å². The van der Waals surface area contributed by atoms with E-state index in [4.69, 9.17) is 16.3 Å². The second kappa shape index (κ2) is 6.23. The maximum atomic E-state index is 6.28. The Balaban J connectivity index is 2.06. The molecule has 1 heterocycles. The van der Waals surface area contributed by atoms with Gasteiger partial charge in [0, 0.05) is 9.50 Å². The highest BCUT2D eigenvalue weighted by Gasteiger charge is 2.35. The lowest BCUT2D eigenvalue weighted by atomic mass is 9.34. The van der Waals surface area contributed by atoms with Gasteiger partial charge in [-0.3, -0.25) is 0 Å². The molecule has 0 N–H and O–H groups in total. The molecule has 0 aromatic heterocycles. The van der Waals surface area contributed by atoms with Gasteiger partial charge in [-0.15, -0.1) is 0 Å². The minimum atomic E-state index is 0.118. The number of ether oxygens (including phenoxy) is 1. The number of hydrogen-bond acceptors (Lipinski definition) is 1. The molecule has 1 aliphatic heterocycles. The smallest absolute Gasteiger partial charge is 0.253 e. The van der Waals surface area contributed by atoms with Crippen molar-refractivity contribution in [1.82, 2.24) is 0 Å². The molecule has 1 aliphatic rings. The van der Waals surface area contributed by atoms with E-state index in [1.165, 1.54) is 27.6 Å². The minimum absolute atomic E-state index is 0.118. The van der Waals surface area contributed by atoms with Crippen LogP contribution in [0.2, 0.25) is 5.02 Å². The number of benzene rings is 3. The molecular weight excluding hydrogens is 394 g/mol. The van der Waals surface area contributed by atoms with Crippen LogP contribution in [0.25, 0.3) is 0 Å². The largest absolute Gasteiger partial charge is 0.458 e. The maximum absolute atomic E-state index is 6.28. The van der Waals surface area contributed by atoms with Crippen LogP contribution in [0.3, 0.4) is 0 Å². The predicted molar refractivity (Wildman–Crippen MR) is 111 cm³/mol. The molecule has 0 spiro atoms. The Labute approximate surface area is 162 Å². The van der Waals surface area contributed by atoms with E-state index in [0.29, 0.717) is 5.02 Å². The number of rotatable bonds is 1. The van der Waals surface area contributed by atoms with Gasteiger partial charge in [-0.2, -0.15) is 0 Å². The summed E-state index contributed by atoms with van der Waals surface area (Å²) in [7, 11) is 0. The first-order valence-corrected chi connectivity index (χ1v) is 9.46. The Morgan fingerprint density at radius 3 is 2.28 bits per heavy atom. The molecule has 0 unspecified atom stereocenters. The molecule has 0 atom stereocenters. The molecule has 0 fully saturated rings. The number of para-hydroxylation sites is 1. The predicted octanol–water partition coefficient (Wildman–Crippen LogP) is 4.65. The SMILES string of the molecule is Cc1cc(C)c(B2c3ccccc3Oc3cc(Cl)cc(Br)c32)c(C)c1. The molecule has 0 saturated carbocycles. The summed E-state index contributed by atoms with van der Waals surface area (Å²) < 4.78 is 7.16. The van der Waals surface area contributed by atoms with E-state index in [1.54, 1.807) is 0 Å². The van der Waals surface area contributed by atoms with Crippen LogP contribution in [0.1, 0.15) is 16.7 Å². The summed E-state index contributed by atoms with van der Waals surface area (Å²) >= 11 is 10.00. The molecule has 0 radical (unpaired) electrons. The van der Waals surface area contributed by atoms with E-state index in [0.717, 1.165) is 21.4 Å². The zero-order valence-corrected chi connectivity index (χ0v) is 16.7. The summed E-state index contributed by atoms with van der Waals surface area (Å²) in [6.45, 7) is 6.64. The molecule has 4 heteroatoms. The molecular formula is C21H17BBrClO. The van der Waals surface area contributed by atoms with Gasteiger partial charge in [0.15, 0.2) is 0 Å². The van der Waals surface area contributed by atoms with Crippen molar-refractivity contribution in [3.05, 3.63) is 74.7 Å². The quantitative estimate of drug-likeness (QED) is 0.414. The Kier molecular flexibility index (Phi) is 4.17. The average Bonchev–Trinajstić information content (AvgIpc) is 2.52. The van der Waals surface area contributed by atoms with Crippen molar-refractivity contribution in [3.8, 4) is 11.5 Å². The third-order valence-electron chi connectivity index (χ3n) is 4.82. The maximum Gasteiger partial charge on any atom is 0.253 e. The zero-order valence-electron chi connectivity index (χ0n) is 14.4. The highest BCUT2D eigenvalue weighted by atomic mass is 79.9. The fraction of sp³-hybridized carbons (Fsp3) is 0.143. The van der Waals surface area contributed by atoms with Crippen LogP contribution in [0.4, 0.5) is 0 Å². The number of halogens is 2. The van der Waals surface area contributed by atoms with Crippen molar-refractivity contribution in [2.45, 2.75) is 20.8 Å². The van der Waals surface area contributed by atoms with Crippen molar-refractivity contribution in [2.24, 2.45) is 0 Å². The average molecular weight is 412 g/mol. The summed E-state index contributed by atoms with van der Waals surface area (Å²) in [4.78, 5) is 0. The van der Waals surface area contributed by atoms with Gasteiger partial charge in [0.2, 0.25) is 0 Å². The molecule has 0 aliphatic carbocycles. The second-order valence-electron chi connectivity index (χ2n) is 6.68. The van der Waals surface area contributed by atoms with E-state index in [2.05, 4.69) is 61.0 Å². The van der Waals surface area contributed by atoms with E-state index in [1.807, 2.05) is 24.3 Å². The first kappa shape index (κ1) is 16.7. The Morgan fingerprint density at radius 1 is 0.880 bits per heavy atom. The monoisotopic (exact) mass is 410 g/mol. The molecule has 0 saturated heterocycles. The normalized spacial score (nSPS) is 12.4. The first-order chi connectivity index (χ1) is 12.0. The van der Waals surface area contributed by atoms with Crippen molar-refractivity contribution >= 4 is 50.6 Å². The minimum Gasteiger partial charge on any atom is -0.458 e. The van der Waals surface area contributed by atoms with E-state index < -0.39 is 0 Å². The molecule has 0 amide bonds.